The zero-order chi connectivity index (χ0) is 23.0. The Bertz CT molecular complexity index is 1370. The van der Waals surface area contributed by atoms with Crippen molar-refractivity contribution < 1.29 is 9.53 Å². The molecular formula is C20H16Cl2N6O2S2. The standard InChI is InChI=1S/C20H16Cl2N6O2S2/c1-9-4-5-11(18-27-28-10(2)25-26-20(28)32-18)6-15(9)23-19(31)24-17(29)13-7-12(21)8-14(22)16(13)30-3/h4-8H,1-3H3,(H2,23,24,29,31). The molecule has 0 fully saturated rings. The maximum Gasteiger partial charge on any atom is 0.261 e. The van der Waals surface area contributed by atoms with E-state index in [2.05, 4.69) is 25.9 Å². The number of carbonyl (C=O) groups is 1. The number of aryl methyl sites for hydroxylation is 2. The van der Waals surface area contributed by atoms with Crippen molar-refractivity contribution >= 4 is 68.4 Å². The lowest BCUT2D eigenvalue weighted by Gasteiger charge is -2.14. The molecule has 2 aromatic carbocycles. The van der Waals surface area contributed by atoms with Gasteiger partial charge < -0.3 is 10.1 Å². The van der Waals surface area contributed by atoms with Crippen molar-refractivity contribution in [2.45, 2.75) is 13.8 Å². The van der Waals surface area contributed by atoms with Crippen LogP contribution in [0.2, 0.25) is 10.0 Å². The lowest BCUT2D eigenvalue weighted by atomic mass is 10.1. The summed E-state index contributed by atoms with van der Waals surface area (Å²) in [5, 5.41) is 19.8. The summed E-state index contributed by atoms with van der Waals surface area (Å²) in [6.45, 7) is 3.77. The Hall–Kier alpha value is -2.79. The molecule has 0 aliphatic carbocycles. The number of hydrogen-bond acceptors (Lipinski definition) is 7. The van der Waals surface area contributed by atoms with Gasteiger partial charge >= 0.3 is 0 Å². The van der Waals surface area contributed by atoms with Crippen LogP contribution < -0.4 is 15.4 Å². The van der Waals surface area contributed by atoms with E-state index < -0.39 is 5.91 Å². The Balaban J connectivity index is 1.55. The average Bonchev–Trinajstić information content (AvgIpc) is 3.31. The number of methoxy groups -OCH3 is 1. The fraction of sp³-hybridized carbons (Fsp3) is 0.150. The number of carbonyl (C=O) groups excluding carboxylic acids is 1. The Morgan fingerprint density at radius 1 is 1.19 bits per heavy atom. The minimum Gasteiger partial charge on any atom is -0.494 e. The van der Waals surface area contributed by atoms with Gasteiger partial charge in [0.1, 0.15) is 10.8 Å². The van der Waals surface area contributed by atoms with Crippen LogP contribution in [0.3, 0.4) is 0 Å². The molecule has 4 rings (SSSR count). The molecule has 0 atom stereocenters. The number of rotatable bonds is 4. The molecule has 0 bridgehead atoms. The van der Waals surface area contributed by atoms with Gasteiger partial charge in [-0.05, 0) is 49.8 Å². The van der Waals surface area contributed by atoms with Crippen LogP contribution >= 0.6 is 46.8 Å². The number of hydrogen-bond donors (Lipinski definition) is 2. The molecule has 12 heteroatoms. The monoisotopic (exact) mass is 506 g/mol. The summed E-state index contributed by atoms with van der Waals surface area (Å²) >= 11 is 18.9. The highest BCUT2D eigenvalue weighted by Gasteiger charge is 2.18. The van der Waals surface area contributed by atoms with Gasteiger partial charge in [-0.3, -0.25) is 10.1 Å². The third kappa shape index (κ3) is 4.40. The van der Waals surface area contributed by atoms with Gasteiger partial charge in [-0.1, -0.05) is 46.7 Å². The number of ether oxygens (including phenoxy) is 1. The number of aromatic nitrogens is 4. The molecule has 0 aliphatic rings. The predicted octanol–water partition coefficient (Wildman–Crippen LogP) is 4.91. The number of thiocarbonyl (C=S) groups is 1. The van der Waals surface area contributed by atoms with E-state index in [4.69, 9.17) is 40.2 Å². The molecule has 0 saturated carbocycles. The van der Waals surface area contributed by atoms with Crippen LogP contribution in [-0.4, -0.2) is 37.9 Å². The average molecular weight is 507 g/mol. The third-order valence-electron chi connectivity index (χ3n) is 4.56. The first-order chi connectivity index (χ1) is 15.3. The topological polar surface area (TPSA) is 93.4 Å². The fourth-order valence-corrected chi connectivity index (χ4v) is 4.64. The molecule has 1 amide bonds. The van der Waals surface area contributed by atoms with Gasteiger partial charge in [-0.15, -0.1) is 10.2 Å². The number of amides is 1. The van der Waals surface area contributed by atoms with Crippen LogP contribution in [0.4, 0.5) is 5.69 Å². The lowest BCUT2D eigenvalue weighted by molar-refractivity contribution is 0.0975. The molecule has 4 aromatic rings. The van der Waals surface area contributed by atoms with E-state index in [1.807, 2.05) is 32.0 Å². The molecule has 164 valence electrons. The zero-order valence-corrected chi connectivity index (χ0v) is 20.2. The zero-order valence-electron chi connectivity index (χ0n) is 17.1. The summed E-state index contributed by atoms with van der Waals surface area (Å²) in [7, 11) is 1.42. The van der Waals surface area contributed by atoms with Crippen molar-refractivity contribution in [2.75, 3.05) is 12.4 Å². The van der Waals surface area contributed by atoms with E-state index in [-0.39, 0.29) is 21.4 Å². The van der Waals surface area contributed by atoms with E-state index in [0.717, 1.165) is 21.8 Å². The van der Waals surface area contributed by atoms with Crippen LogP contribution in [0.1, 0.15) is 21.7 Å². The molecule has 0 aliphatic heterocycles. The lowest BCUT2D eigenvalue weighted by Crippen LogP contribution is -2.34. The Morgan fingerprint density at radius 3 is 2.69 bits per heavy atom. The van der Waals surface area contributed by atoms with Crippen LogP contribution in [0.25, 0.3) is 15.5 Å². The summed E-state index contributed by atoms with van der Waals surface area (Å²) in [6, 6.07) is 8.77. The van der Waals surface area contributed by atoms with E-state index in [9.17, 15) is 4.79 Å². The third-order valence-corrected chi connectivity index (χ3v) is 6.21. The summed E-state index contributed by atoms with van der Waals surface area (Å²) in [4.78, 5) is 13.5. The Morgan fingerprint density at radius 2 is 1.97 bits per heavy atom. The smallest absolute Gasteiger partial charge is 0.261 e. The van der Waals surface area contributed by atoms with Crippen molar-refractivity contribution in [3.8, 4) is 16.3 Å². The van der Waals surface area contributed by atoms with Crippen molar-refractivity contribution in [1.82, 2.24) is 25.1 Å². The number of benzene rings is 2. The van der Waals surface area contributed by atoms with Crippen LogP contribution in [0, 0.1) is 13.8 Å². The summed E-state index contributed by atoms with van der Waals surface area (Å²) in [6.07, 6.45) is 0. The summed E-state index contributed by atoms with van der Waals surface area (Å²) in [5.41, 5.74) is 2.72. The van der Waals surface area contributed by atoms with E-state index in [1.165, 1.54) is 30.6 Å². The molecule has 0 unspecified atom stereocenters. The Labute approximate surface area is 202 Å². The number of halogens is 2. The molecule has 2 N–H and O–H groups in total. The van der Waals surface area contributed by atoms with Crippen molar-refractivity contribution in [3.63, 3.8) is 0 Å². The minimum atomic E-state index is -0.498. The summed E-state index contributed by atoms with van der Waals surface area (Å²) in [5.74, 6) is 0.434. The van der Waals surface area contributed by atoms with Gasteiger partial charge in [-0.2, -0.15) is 9.61 Å². The first kappa shape index (κ1) is 22.4. The molecule has 32 heavy (non-hydrogen) atoms. The second-order valence-electron chi connectivity index (χ2n) is 6.76. The van der Waals surface area contributed by atoms with Gasteiger partial charge in [0.05, 0.1) is 17.7 Å². The van der Waals surface area contributed by atoms with Gasteiger partial charge in [0.25, 0.3) is 5.91 Å². The van der Waals surface area contributed by atoms with Crippen LogP contribution in [-0.2, 0) is 0 Å². The number of nitrogens with zero attached hydrogens (tertiary/aromatic N) is 4. The minimum absolute atomic E-state index is 0.113. The highest BCUT2D eigenvalue weighted by atomic mass is 35.5. The maximum absolute atomic E-state index is 12.7. The van der Waals surface area contributed by atoms with Crippen molar-refractivity contribution in [1.29, 1.82) is 0 Å². The van der Waals surface area contributed by atoms with Gasteiger partial charge in [0, 0.05) is 16.3 Å². The molecule has 2 aromatic heterocycles. The van der Waals surface area contributed by atoms with E-state index >= 15 is 0 Å². The van der Waals surface area contributed by atoms with Gasteiger partial charge in [0.2, 0.25) is 4.96 Å². The first-order valence-electron chi connectivity index (χ1n) is 9.22. The quantitative estimate of drug-likeness (QED) is 0.379. The van der Waals surface area contributed by atoms with Crippen LogP contribution in [0.15, 0.2) is 30.3 Å². The van der Waals surface area contributed by atoms with Crippen LogP contribution in [0.5, 0.6) is 5.75 Å². The van der Waals surface area contributed by atoms with Crippen molar-refractivity contribution in [2.24, 2.45) is 0 Å². The second-order valence-corrected chi connectivity index (χ2v) is 8.96. The van der Waals surface area contributed by atoms with E-state index in [1.54, 1.807) is 4.52 Å². The summed E-state index contributed by atoms with van der Waals surface area (Å²) < 4.78 is 6.93. The molecule has 0 spiro atoms. The molecular weight excluding hydrogens is 491 g/mol. The number of anilines is 1. The molecule has 0 radical (unpaired) electrons. The number of nitrogens with one attached hydrogen (secondary N) is 2. The molecule has 2 heterocycles. The highest BCUT2D eigenvalue weighted by molar-refractivity contribution is 7.80. The first-order valence-corrected chi connectivity index (χ1v) is 11.2. The predicted molar refractivity (Wildman–Crippen MR) is 130 cm³/mol. The largest absolute Gasteiger partial charge is 0.494 e. The SMILES string of the molecule is COc1c(Cl)cc(Cl)cc1C(=O)NC(=S)Nc1cc(-c2nn3c(C)nnc3s2)ccc1C. The number of fused-ring (bicyclic) bond motifs is 1. The van der Waals surface area contributed by atoms with Gasteiger partial charge in [-0.25, -0.2) is 0 Å². The fourth-order valence-electron chi connectivity index (χ4n) is 2.98. The van der Waals surface area contributed by atoms with Crippen molar-refractivity contribution in [3.05, 3.63) is 57.3 Å². The Kier molecular flexibility index (Phi) is 6.29. The maximum atomic E-state index is 12.7. The normalized spacial score (nSPS) is 10.9. The highest BCUT2D eigenvalue weighted by Crippen LogP contribution is 2.32. The molecule has 0 saturated heterocycles. The second kappa shape index (κ2) is 8.99. The molecule has 8 nitrogen and oxygen atoms in total. The van der Waals surface area contributed by atoms with Gasteiger partial charge in [0.15, 0.2) is 10.9 Å². The van der Waals surface area contributed by atoms with E-state index in [0.29, 0.717) is 15.8 Å².